The van der Waals surface area contributed by atoms with Crippen LogP contribution in [0.5, 0.6) is 0 Å². The quantitative estimate of drug-likeness (QED) is 0.288. The van der Waals surface area contributed by atoms with Crippen LogP contribution < -0.4 is 5.32 Å². The summed E-state index contributed by atoms with van der Waals surface area (Å²) in [4.78, 5) is 4.43. The van der Waals surface area contributed by atoms with E-state index >= 15 is 0 Å². The van der Waals surface area contributed by atoms with Gasteiger partial charge in [0.15, 0.2) is 0 Å². The maximum atomic E-state index is 13.4. The molecule has 5 rings (SSSR count). The Hall–Kier alpha value is -3.46. The lowest BCUT2D eigenvalue weighted by atomic mass is 9.96. The van der Waals surface area contributed by atoms with Crippen molar-refractivity contribution >= 4 is 29.2 Å². The monoisotopic (exact) mass is 510 g/mol. The van der Waals surface area contributed by atoms with Gasteiger partial charge in [-0.05, 0) is 41.5 Å². The third kappa shape index (κ3) is 4.73. The summed E-state index contributed by atoms with van der Waals surface area (Å²) in [6.45, 7) is 1.33. The number of aliphatic imine (C=N–C) groups is 1. The van der Waals surface area contributed by atoms with E-state index in [1.54, 1.807) is 12.1 Å². The number of furan rings is 1. The van der Waals surface area contributed by atoms with E-state index in [1.807, 2.05) is 24.3 Å². The lowest BCUT2D eigenvalue weighted by molar-refractivity contribution is -0.143. The summed E-state index contributed by atoms with van der Waals surface area (Å²) in [6, 6.07) is 15.2. The minimum atomic E-state index is -4.93. The summed E-state index contributed by atoms with van der Waals surface area (Å²) in [5.74, 6) is 1.13. The van der Waals surface area contributed by atoms with E-state index in [0.717, 1.165) is 17.7 Å². The molecule has 4 aromatic rings. The summed E-state index contributed by atoms with van der Waals surface area (Å²) in [5.41, 5.74) is -0.887. The van der Waals surface area contributed by atoms with Gasteiger partial charge in [0.2, 0.25) is 0 Å². The highest BCUT2D eigenvalue weighted by atomic mass is 35.5. The third-order valence-electron chi connectivity index (χ3n) is 5.58. The minimum absolute atomic E-state index is 0. The molecule has 1 N–H and O–H groups in total. The molecular weight excluding hydrogens is 494 g/mol. The van der Waals surface area contributed by atoms with Crippen molar-refractivity contribution in [1.82, 2.24) is 5.32 Å². The van der Waals surface area contributed by atoms with Crippen LogP contribution in [0.15, 0.2) is 76.1 Å². The van der Waals surface area contributed by atoms with Gasteiger partial charge in [-0.1, -0.05) is 36.4 Å². The molecule has 1 aliphatic heterocycles. The number of benzene rings is 3. The predicted molar refractivity (Wildman–Crippen MR) is 124 cm³/mol. The van der Waals surface area contributed by atoms with E-state index in [0.29, 0.717) is 41.2 Å². The number of hydrogen-bond donors (Lipinski definition) is 1. The number of nitrogens with zero attached hydrogens (tertiary/aromatic N) is 1. The molecule has 0 fully saturated rings. The molecule has 1 aromatic heterocycles. The van der Waals surface area contributed by atoms with Crippen LogP contribution in [0.3, 0.4) is 0 Å². The summed E-state index contributed by atoms with van der Waals surface area (Å²) in [7, 11) is 0. The summed E-state index contributed by atoms with van der Waals surface area (Å²) < 4.78 is 86.3. The van der Waals surface area contributed by atoms with E-state index in [-0.39, 0.29) is 29.6 Å². The van der Waals surface area contributed by atoms with E-state index < -0.39 is 23.5 Å². The van der Waals surface area contributed by atoms with Crippen molar-refractivity contribution in [3.05, 3.63) is 83.4 Å². The summed E-state index contributed by atoms with van der Waals surface area (Å²) in [5, 5.41) is 3.59. The Kier molecular flexibility index (Phi) is 6.31. The molecule has 182 valence electrons. The molecular formula is C25H17ClF6N2O. The number of halogens is 7. The van der Waals surface area contributed by atoms with Crippen LogP contribution in [0.4, 0.5) is 26.3 Å². The van der Waals surface area contributed by atoms with E-state index in [9.17, 15) is 26.3 Å². The van der Waals surface area contributed by atoms with Crippen molar-refractivity contribution in [1.29, 1.82) is 0 Å². The van der Waals surface area contributed by atoms with Crippen molar-refractivity contribution in [2.24, 2.45) is 4.99 Å². The Morgan fingerprint density at radius 1 is 0.743 bits per heavy atom. The van der Waals surface area contributed by atoms with E-state index in [4.69, 9.17) is 4.42 Å². The maximum absolute atomic E-state index is 13.4. The van der Waals surface area contributed by atoms with Gasteiger partial charge < -0.3 is 9.73 Å². The third-order valence-corrected chi connectivity index (χ3v) is 5.58. The Morgan fingerprint density at radius 2 is 1.37 bits per heavy atom. The van der Waals surface area contributed by atoms with Gasteiger partial charge in [-0.25, -0.2) is 0 Å². The van der Waals surface area contributed by atoms with Crippen LogP contribution >= 0.6 is 12.4 Å². The Morgan fingerprint density at radius 3 is 1.97 bits per heavy atom. The molecule has 10 heteroatoms. The zero-order chi connectivity index (χ0) is 24.1. The van der Waals surface area contributed by atoms with Crippen LogP contribution in [-0.2, 0) is 12.4 Å². The lowest BCUT2D eigenvalue weighted by Gasteiger charge is -2.14. The lowest BCUT2D eigenvalue weighted by Crippen LogP contribution is -2.20. The van der Waals surface area contributed by atoms with E-state index in [1.165, 1.54) is 12.1 Å². The second-order valence-corrected chi connectivity index (χ2v) is 7.83. The van der Waals surface area contributed by atoms with Gasteiger partial charge >= 0.3 is 12.4 Å². The standard InChI is InChI=1S/C25H16F6N2O.ClH/c26-24(27,28)15-10-14(11-16(12-15)25(29,30)31)17-6-3-7-21-20(17)13-22(34-21)18-4-1-2-5-19(18)23-32-8-9-33-23;/h1-7,10-13H,8-9H2,(H,32,33);1H. The first-order chi connectivity index (χ1) is 16.1. The average molecular weight is 511 g/mol. The fourth-order valence-electron chi connectivity index (χ4n) is 4.04. The van der Waals surface area contributed by atoms with Gasteiger partial charge in [0.1, 0.15) is 17.2 Å². The van der Waals surface area contributed by atoms with Crippen molar-refractivity contribution in [2.75, 3.05) is 13.1 Å². The number of amidine groups is 1. The molecule has 0 atom stereocenters. The van der Waals surface area contributed by atoms with Crippen LogP contribution in [0.1, 0.15) is 16.7 Å². The molecule has 0 amide bonds. The van der Waals surface area contributed by atoms with Gasteiger partial charge in [0, 0.05) is 23.1 Å². The molecule has 0 spiro atoms. The SMILES string of the molecule is Cl.FC(F)(F)c1cc(-c2cccc3oc(-c4ccccc4C4=NCCN4)cc23)cc(C(F)(F)F)c1. The number of fused-ring (bicyclic) bond motifs is 1. The first-order valence-electron chi connectivity index (χ1n) is 10.3. The van der Waals surface area contributed by atoms with Crippen molar-refractivity contribution in [3.8, 4) is 22.5 Å². The molecule has 1 aliphatic rings. The molecule has 0 saturated carbocycles. The predicted octanol–water partition coefficient (Wildman–Crippen LogP) is 7.58. The van der Waals surface area contributed by atoms with Crippen LogP contribution in [-0.4, -0.2) is 18.9 Å². The molecule has 0 bridgehead atoms. The zero-order valence-electron chi connectivity index (χ0n) is 17.8. The Labute approximate surface area is 201 Å². The first-order valence-corrected chi connectivity index (χ1v) is 10.3. The van der Waals surface area contributed by atoms with Crippen molar-refractivity contribution in [3.63, 3.8) is 0 Å². The van der Waals surface area contributed by atoms with E-state index in [2.05, 4.69) is 10.3 Å². The topological polar surface area (TPSA) is 37.5 Å². The normalized spacial score (nSPS) is 13.9. The Bertz CT molecular complexity index is 1390. The van der Waals surface area contributed by atoms with Crippen molar-refractivity contribution in [2.45, 2.75) is 12.4 Å². The van der Waals surface area contributed by atoms with Gasteiger partial charge in [-0.15, -0.1) is 12.4 Å². The Balaban J connectivity index is 0.00000289. The summed E-state index contributed by atoms with van der Waals surface area (Å²) >= 11 is 0. The highest BCUT2D eigenvalue weighted by Crippen LogP contribution is 2.41. The minimum Gasteiger partial charge on any atom is -0.456 e. The molecule has 0 aliphatic carbocycles. The highest BCUT2D eigenvalue weighted by molar-refractivity contribution is 6.06. The summed E-state index contributed by atoms with van der Waals surface area (Å²) in [6.07, 6.45) is -9.86. The van der Waals surface area contributed by atoms with Crippen LogP contribution in [0, 0.1) is 0 Å². The fourth-order valence-corrected chi connectivity index (χ4v) is 4.04. The van der Waals surface area contributed by atoms with Gasteiger partial charge in [0.05, 0.1) is 17.7 Å². The smallest absolute Gasteiger partial charge is 0.416 e. The average Bonchev–Trinajstić information content (AvgIpc) is 3.47. The van der Waals surface area contributed by atoms with Crippen LogP contribution in [0.25, 0.3) is 33.4 Å². The largest absolute Gasteiger partial charge is 0.456 e. The van der Waals surface area contributed by atoms with Gasteiger partial charge in [-0.2, -0.15) is 26.3 Å². The zero-order valence-corrected chi connectivity index (χ0v) is 18.6. The molecule has 0 radical (unpaired) electrons. The van der Waals surface area contributed by atoms with Crippen LogP contribution in [0.2, 0.25) is 0 Å². The molecule has 0 saturated heterocycles. The molecule has 3 aromatic carbocycles. The number of rotatable bonds is 3. The fraction of sp³-hybridized carbons (Fsp3) is 0.160. The van der Waals surface area contributed by atoms with Crippen molar-refractivity contribution < 1.29 is 30.8 Å². The second kappa shape index (κ2) is 8.96. The molecule has 2 heterocycles. The highest BCUT2D eigenvalue weighted by Gasteiger charge is 2.37. The molecule has 3 nitrogen and oxygen atoms in total. The first kappa shape index (κ1) is 24.7. The van der Waals surface area contributed by atoms with Gasteiger partial charge in [0.25, 0.3) is 0 Å². The maximum Gasteiger partial charge on any atom is 0.416 e. The second-order valence-electron chi connectivity index (χ2n) is 7.83. The molecule has 35 heavy (non-hydrogen) atoms. The molecule has 0 unspecified atom stereocenters. The number of alkyl halides is 6. The number of hydrogen-bond acceptors (Lipinski definition) is 3. The number of nitrogens with one attached hydrogen (secondary N) is 1. The van der Waals surface area contributed by atoms with Gasteiger partial charge in [-0.3, -0.25) is 4.99 Å².